The van der Waals surface area contributed by atoms with Gasteiger partial charge in [-0.05, 0) is 55.4 Å². The molecule has 1 aliphatic rings. The van der Waals surface area contributed by atoms with Gasteiger partial charge in [0.05, 0.1) is 13.5 Å². The zero-order valence-corrected chi connectivity index (χ0v) is 11.8. The number of aromatic amines is 1. The third-order valence-electron chi connectivity index (χ3n) is 4.20. The van der Waals surface area contributed by atoms with Crippen LogP contribution in [-0.4, -0.2) is 23.2 Å². The Balaban J connectivity index is 2.12. The number of carbonyl (C=O) groups is 1. The maximum atomic E-state index is 11.2. The van der Waals surface area contributed by atoms with Crippen LogP contribution in [-0.2, 0) is 4.79 Å². The number of fused-ring (bicyclic) bond motifs is 1. The summed E-state index contributed by atoms with van der Waals surface area (Å²) in [6.45, 7) is 2.03. The SMILES string of the molecule is COc1ccc2[nH]c(C)c(C(CC(=O)O)C3CC3)c2c1. The summed E-state index contributed by atoms with van der Waals surface area (Å²) in [6, 6.07) is 5.92. The van der Waals surface area contributed by atoms with E-state index in [1.165, 1.54) is 0 Å². The third kappa shape index (κ3) is 2.26. The van der Waals surface area contributed by atoms with Crippen LogP contribution in [0.4, 0.5) is 0 Å². The first kappa shape index (κ1) is 13.0. The van der Waals surface area contributed by atoms with E-state index in [2.05, 4.69) is 4.98 Å². The van der Waals surface area contributed by atoms with Gasteiger partial charge in [0.1, 0.15) is 5.75 Å². The summed E-state index contributed by atoms with van der Waals surface area (Å²) < 4.78 is 5.29. The van der Waals surface area contributed by atoms with Gasteiger partial charge in [0.15, 0.2) is 0 Å². The van der Waals surface area contributed by atoms with Crippen molar-refractivity contribution in [2.75, 3.05) is 7.11 Å². The number of ether oxygens (including phenoxy) is 1. The van der Waals surface area contributed by atoms with E-state index < -0.39 is 5.97 Å². The first-order valence-corrected chi connectivity index (χ1v) is 6.98. The van der Waals surface area contributed by atoms with Gasteiger partial charge >= 0.3 is 5.97 Å². The van der Waals surface area contributed by atoms with Gasteiger partial charge < -0.3 is 14.8 Å². The molecule has 2 aromatic rings. The fourth-order valence-corrected chi connectivity index (χ4v) is 3.12. The second kappa shape index (κ2) is 4.85. The highest BCUT2D eigenvalue weighted by Gasteiger charge is 2.36. The number of carboxylic acids is 1. The number of rotatable bonds is 5. The molecule has 0 spiro atoms. The highest BCUT2D eigenvalue weighted by atomic mass is 16.5. The summed E-state index contributed by atoms with van der Waals surface area (Å²) >= 11 is 0. The predicted molar refractivity (Wildman–Crippen MR) is 77.3 cm³/mol. The molecule has 1 saturated carbocycles. The Morgan fingerprint density at radius 1 is 1.50 bits per heavy atom. The Kier molecular flexibility index (Phi) is 3.16. The molecular weight excluding hydrogens is 254 g/mol. The highest BCUT2D eigenvalue weighted by Crippen LogP contribution is 2.47. The molecule has 106 valence electrons. The second-order valence-corrected chi connectivity index (χ2v) is 5.62. The van der Waals surface area contributed by atoms with Crippen LogP contribution < -0.4 is 4.74 Å². The van der Waals surface area contributed by atoms with Crippen molar-refractivity contribution in [2.45, 2.75) is 32.1 Å². The lowest BCUT2D eigenvalue weighted by molar-refractivity contribution is -0.137. The summed E-state index contributed by atoms with van der Waals surface area (Å²) in [5, 5.41) is 10.3. The van der Waals surface area contributed by atoms with Crippen LogP contribution in [0.15, 0.2) is 18.2 Å². The highest BCUT2D eigenvalue weighted by molar-refractivity contribution is 5.87. The number of aryl methyl sites for hydroxylation is 1. The van der Waals surface area contributed by atoms with E-state index in [-0.39, 0.29) is 12.3 Å². The topological polar surface area (TPSA) is 62.3 Å². The molecule has 1 aromatic carbocycles. The van der Waals surface area contributed by atoms with Crippen molar-refractivity contribution in [3.8, 4) is 5.75 Å². The van der Waals surface area contributed by atoms with Crippen molar-refractivity contribution in [1.29, 1.82) is 0 Å². The normalized spacial score (nSPS) is 16.3. The van der Waals surface area contributed by atoms with Crippen molar-refractivity contribution >= 4 is 16.9 Å². The number of H-pyrrole nitrogens is 1. The van der Waals surface area contributed by atoms with Gasteiger partial charge in [0.25, 0.3) is 0 Å². The molecule has 0 bridgehead atoms. The fourth-order valence-electron chi connectivity index (χ4n) is 3.12. The quantitative estimate of drug-likeness (QED) is 0.877. The smallest absolute Gasteiger partial charge is 0.303 e. The minimum absolute atomic E-state index is 0.105. The Morgan fingerprint density at radius 2 is 2.25 bits per heavy atom. The predicted octanol–water partition coefficient (Wildman–Crippen LogP) is 3.45. The summed E-state index contributed by atoms with van der Waals surface area (Å²) in [7, 11) is 1.65. The number of hydrogen-bond acceptors (Lipinski definition) is 2. The van der Waals surface area contributed by atoms with Gasteiger partial charge in [-0.15, -0.1) is 0 Å². The third-order valence-corrected chi connectivity index (χ3v) is 4.20. The molecule has 0 amide bonds. The molecule has 20 heavy (non-hydrogen) atoms. The maximum absolute atomic E-state index is 11.2. The Labute approximate surface area is 117 Å². The first-order valence-electron chi connectivity index (χ1n) is 6.98. The van der Waals surface area contributed by atoms with Crippen LogP contribution in [0.25, 0.3) is 10.9 Å². The molecule has 0 saturated heterocycles. The number of benzene rings is 1. The van der Waals surface area contributed by atoms with E-state index in [1.807, 2.05) is 25.1 Å². The molecule has 0 radical (unpaired) electrons. The number of methoxy groups -OCH3 is 1. The molecule has 1 aromatic heterocycles. The van der Waals surface area contributed by atoms with Crippen LogP contribution in [0.2, 0.25) is 0 Å². The number of aliphatic carboxylic acids is 1. The summed E-state index contributed by atoms with van der Waals surface area (Å²) in [4.78, 5) is 14.5. The van der Waals surface area contributed by atoms with Gasteiger partial charge in [-0.3, -0.25) is 4.79 Å². The molecular formula is C16H19NO3. The average Bonchev–Trinajstić information content (AvgIpc) is 3.19. The molecule has 1 aliphatic carbocycles. The van der Waals surface area contributed by atoms with Crippen LogP contribution in [0.3, 0.4) is 0 Å². The van der Waals surface area contributed by atoms with E-state index in [0.717, 1.165) is 40.8 Å². The van der Waals surface area contributed by atoms with Crippen LogP contribution >= 0.6 is 0 Å². The molecule has 2 N–H and O–H groups in total. The van der Waals surface area contributed by atoms with Gasteiger partial charge in [-0.1, -0.05) is 0 Å². The molecule has 1 atom stereocenters. The molecule has 4 heteroatoms. The van der Waals surface area contributed by atoms with Gasteiger partial charge in [-0.25, -0.2) is 0 Å². The minimum Gasteiger partial charge on any atom is -0.497 e. The zero-order valence-electron chi connectivity index (χ0n) is 11.8. The van der Waals surface area contributed by atoms with Crippen molar-refractivity contribution in [2.24, 2.45) is 5.92 Å². The van der Waals surface area contributed by atoms with Gasteiger partial charge in [0, 0.05) is 16.6 Å². The van der Waals surface area contributed by atoms with Crippen LogP contribution in [0.5, 0.6) is 5.75 Å². The first-order chi connectivity index (χ1) is 9.60. The largest absolute Gasteiger partial charge is 0.497 e. The van der Waals surface area contributed by atoms with E-state index in [0.29, 0.717) is 5.92 Å². The van der Waals surface area contributed by atoms with Gasteiger partial charge in [0.2, 0.25) is 0 Å². The average molecular weight is 273 g/mol. The standard InChI is InChI=1S/C16H19NO3/c1-9-16(12(8-15(18)19)10-3-4-10)13-7-11(20-2)5-6-14(13)17-9/h5-7,10,12,17H,3-4,8H2,1-2H3,(H,18,19). The monoisotopic (exact) mass is 273 g/mol. The van der Waals surface area contributed by atoms with E-state index >= 15 is 0 Å². The van der Waals surface area contributed by atoms with E-state index in [9.17, 15) is 9.90 Å². The molecule has 4 nitrogen and oxygen atoms in total. The fraction of sp³-hybridized carbons (Fsp3) is 0.438. The van der Waals surface area contributed by atoms with E-state index in [4.69, 9.17) is 4.74 Å². The molecule has 3 rings (SSSR count). The molecule has 1 heterocycles. The zero-order chi connectivity index (χ0) is 14.3. The van der Waals surface area contributed by atoms with Crippen molar-refractivity contribution in [3.05, 3.63) is 29.5 Å². The summed E-state index contributed by atoms with van der Waals surface area (Å²) in [5.74, 6) is 0.699. The summed E-state index contributed by atoms with van der Waals surface area (Å²) in [6.07, 6.45) is 2.47. The van der Waals surface area contributed by atoms with Crippen molar-refractivity contribution in [1.82, 2.24) is 4.98 Å². The van der Waals surface area contributed by atoms with E-state index in [1.54, 1.807) is 7.11 Å². The van der Waals surface area contributed by atoms with Crippen LogP contribution in [0.1, 0.15) is 36.4 Å². The molecule has 0 aliphatic heterocycles. The lowest BCUT2D eigenvalue weighted by Gasteiger charge is -2.15. The van der Waals surface area contributed by atoms with Crippen molar-refractivity contribution in [3.63, 3.8) is 0 Å². The summed E-state index contributed by atoms with van der Waals surface area (Å²) in [5.41, 5.74) is 3.28. The Bertz CT molecular complexity index is 655. The van der Waals surface area contributed by atoms with Gasteiger partial charge in [-0.2, -0.15) is 0 Å². The van der Waals surface area contributed by atoms with Crippen LogP contribution in [0, 0.1) is 12.8 Å². The number of aromatic nitrogens is 1. The number of nitrogens with one attached hydrogen (secondary N) is 1. The Morgan fingerprint density at radius 3 is 2.85 bits per heavy atom. The molecule has 1 unspecified atom stereocenters. The Hall–Kier alpha value is -1.97. The van der Waals surface area contributed by atoms with Crippen molar-refractivity contribution < 1.29 is 14.6 Å². The number of hydrogen-bond donors (Lipinski definition) is 2. The number of carboxylic acid groups (broad SMARTS) is 1. The second-order valence-electron chi connectivity index (χ2n) is 5.62. The lowest BCUT2D eigenvalue weighted by Crippen LogP contribution is -2.09. The lowest BCUT2D eigenvalue weighted by atomic mass is 9.89. The minimum atomic E-state index is -0.724. The molecule has 1 fully saturated rings. The maximum Gasteiger partial charge on any atom is 0.303 e.